The lowest BCUT2D eigenvalue weighted by Gasteiger charge is -2.41. The summed E-state index contributed by atoms with van der Waals surface area (Å²) in [5, 5.41) is 13.2. The van der Waals surface area contributed by atoms with Crippen LogP contribution in [0, 0.1) is 0 Å². The molecule has 7 nitrogen and oxygen atoms in total. The van der Waals surface area contributed by atoms with Crippen LogP contribution in [0.3, 0.4) is 0 Å². The van der Waals surface area contributed by atoms with Crippen molar-refractivity contribution in [3.8, 4) is 0 Å². The number of nitrogens with one attached hydrogen (secondary N) is 1. The molecule has 26 heavy (non-hydrogen) atoms. The molecule has 2 aromatic heterocycles. The summed E-state index contributed by atoms with van der Waals surface area (Å²) in [5.74, 6) is 1.88. The molecule has 5 rings (SSSR count). The van der Waals surface area contributed by atoms with Gasteiger partial charge in [-0.1, -0.05) is 6.07 Å². The van der Waals surface area contributed by atoms with E-state index >= 15 is 0 Å². The van der Waals surface area contributed by atoms with Gasteiger partial charge < -0.3 is 19.9 Å². The van der Waals surface area contributed by atoms with Crippen molar-refractivity contribution in [1.29, 1.82) is 0 Å². The number of hydrogen-bond acceptors (Lipinski definition) is 7. The minimum absolute atomic E-state index is 0.0623. The number of aryl methyl sites for hydroxylation is 1. The zero-order valence-corrected chi connectivity index (χ0v) is 15.3. The highest BCUT2D eigenvalue weighted by molar-refractivity contribution is 7.91. The van der Waals surface area contributed by atoms with Crippen LogP contribution in [0.4, 0.5) is 11.8 Å². The Balaban J connectivity index is 1.51. The standard InChI is InChI=1S/C18H21N5O2S/c24-11-18(5-2-6-18)22-16-15-13(4-8-26(15)25)20-17(21-16)23-9-12-3-1-7-19-14(12)10-23/h1,3,7,24H,2,4-6,8-11H2,(H,20,21,22)/t26-/m1/s1. The molecule has 0 saturated heterocycles. The molecule has 4 heterocycles. The van der Waals surface area contributed by atoms with Crippen molar-refractivity contribution in [2.45, 2.75) is 49.2 Å². The van der Waals surface area contributed by atoms with E-state index in [2.05, 4.69) is 21.3 Å². The number of rotatable bonds is 4. The van der Waals surface area contributed by atoms with Crippen molar-refractivity contribution in [3.05, 3.63) is 35.3 Å². The summed E-state index contributed by atoms with van der Waals surface area (Å²) in [6.07, 6.45) is 5.41. The molecular formula is C18H21N5O2S. The molecule has 0 aromatic carbocycles. The monoisotopic (exact) mass is 371 g/mol. The van der Waals surface area contributed by atoms with E-state index in [1.807, 2.05) is 12.3 Å². The average molecular weight is 371 g/mol. The molecule has 1 atom stereocenters. The number of aliphatic hydroxyl groups is 1. The number of hydrogen-bond donors (Lipinski definition) is 2. The second-order valence-electron chi connectivity index (χ2n) is 7.33. The van der Waals surface area contributed by atoms with Gasteiger partial charge in [0.05, 0.1) is 24.4 Å². The molecule has 0 spiro atoms. The van der Waals surface area contributed by atoms with Gasteiger partial charge in [0.15, 0.2) is 5.82 Å². The van der Waals surface area contributed by atoms with E-state index in [0.29, 0.717) is 30.5 Å². The van der Waals surface area contributed by atoms with Crippen LogP contribution < -0.4 is 10.2 Å². The summed E-state index contributed by atoms with van der Waals surface area (Å²) in [4.78, 5) is 16.7. The maximum atomic E-state index is 12.5. The van der Waals surface area contributed by atoms with Crippen LogP contribution in [0.5, 0.6) is 0 Å². The Morgan fingerprint density at radius 2 is 2.15 bits per heavy atom. The van der Waals surface area contributed by atoms with Crippen LogP contribution in [0.1, 0.15) is 36.2 Å². The van der Waals surface area contributed by atoms with Crippen molar-refractivity contribution in [3.63, 3.8) is 0 Å². The predicted octanol–water partition coefficient (Wildman–Crippen LogP) is 1.38. The van der Waals surface area contributed by atoms with Gasteiger partial charge in [0, 0.05) is 19.2 Å². The topological polar surface area (TPSA) is 97.2 Å². The molecule has 0 amide bonds. The Bertz CT molecular complexity index is 827. The number of aliphatic hydroxyl groups excluding tert-OH is 1. The van der Waals surface area contributed by atoms with E-state index in [1.54, 1.807) is 0 Å². The average Bonchev–Trinajstić information content (AvgIpc) is 3.22. The van der Waals surface area contributed by atoms with Crippen LogP contribution >= 0.6 is 0 Å². The van der Waals surface area contributed by atoms with E-state index < -0.39 is 11.2 Å². The molecule has 0 unspecified atom stereocenters. The first-order valence-electron chi connectivity index (χ1n) is 9.03. The third kappa shape index (κ3) is 2.55. The molecule has 1 fully saturated rings. The predicted molar refractivity (Wildman–Crippen MR) is 98.4 cm³/mol. The number of anilines is 2. The molecule has 1 aliphatic carbocycles. The second kappa shape index (κ2) is 6.07. The summed E-state index contributed by atoms with van der Waals surface area (Å²) in [6, 6.07) is 4.03. The maximum absolute atomic E-state index is 12.5. The number of pyridine rings is 1. The van der Waals surface area contributed by atoms with Crippen LogP contribution in [-0.4, -0.2) is 42.5 Å². The van der Waals surface area contributed by atoms with Gasteiger partial charge in [0.1, 0.15) is 11.4 Å². The largest absolute Gasteiger partial charge is 0.611 e. The lowest BCUT2D eigenvalue weighted by molar-refractivity contribution is 0.143. The van der Waals surface area contributed by atoms with Gasteiger partial charge in [-0.05, 0) is 42.1 Å². The highest BCUT2D eigenvalue weighted by atomic mass is 32.2. The highest BCUT2D eigenvalue weighted by Crippen LogP contribution is 2.39. The van der Waals surface area contributed by atoms with Gasteiger partial charge >= 0.3 is 0 Å². The van der Waals surface area contributed by atoms with E-state index in [9.17, 15) is 9.66 Å². The molecule has 2 N–H and O–H groups in total. The van der Waals surface area contributed by atoms with Crippen molar-refractivity contribution in [1.82, 2.24) is 15.0 Å². The lowest BCUT2D eigenvalue weighted by atomic mass is 9.77. The Morgan fingerprint density at radius 1 is 1.27 bits per heavy atom. The SMILES string of the molecule is [O-][S@+]1CCc2nc(N3Cc4cccnc4C3)nc(NC3(CO)CCC3)c21. The fraction of sp³-hybridized carbons (Fsp3) is 0.500. The molecule has 3 aliphatic rings. The normalized spacial score (nSPS) is 22.7. The fourth-order valence-electron chi connectivity index (χ4n) is 3.93. The molecule has 2 aromatic rings. The van der Waals surface area contributed by atoms with Crippen LogP contribution in [0.25, 0.3) is 0 Å². The molecule has 0 radical (unpaired) electrons. The summed E-state index contributed by atoms with van der Waals surface area (Å²) < 4.78 is 12.5. The third-order valence-corrected chi connectivity index (χ3v) is 7.10. The summed E-state index contributed by atoms with van der Waals surface area (Å²) in [6.45, 7) is 1.48. The first-order valence-corrected chi connectivity index (χ1v) is 10.4. The zero-order valence-electron chi connectivity index (χ0n) is 14.4. The van der Waals surface area contributed by atoms with Gasteiger partial charge in [-0.2, -0.15) is 4.98 Å². The fourth-order valence-corrected chi connectivity index (χ4v) is 5.23. The van der Waals surface area contributed by atoms with Crippen LogP contribution in [0.15, 0.2) is 23.2 Å². The lowest BCUT2D eigenvalue weighted by Crippen LogP contribution is -2.48. The van der Waals surface area contributed by atoms with Crippen LogP contribution in [0.2, 0.25) is 0 Å². The van der Waals surface area contributed by atoms with E-state index in [0.717, 1.165) is 42.1 Å². The first kappa shape index (κ1) is 16.3. The quantitative estimate of drug-likeness (QED) is 0.784. The van der Waals surface area contributed by atoms with Crippen molar-refractivity contribution in [2.24, 2.45) is 0 Å². The Hall–Kier alpha value is -1.90. The number of fused-ring (bicyclic) bond motifs is 2. The summed E-state index contributed by atoms with van der Waals surface area (Å²) >= 11 is -1.07. The third-order valence-electron chi connectivity index (χ3n) is 5.64. The van der Waals surface area contributed by atoms with Gasteiger partial charge in [0.25, 0.3) is 0 Å². The van der Waals surface area contributed by atoms with E-state index in [-0.39, 0.29) is 12.1 Å². The Labute approximate surface area is 155 Å². The second-order valence-corrected chi connectivity index (χ2v) is 8.84. The van der Waals surface area contributed by atoms with Crippen LogP contribution in [-0.2, 0) is 30.7 Å². The summed E-state index contributed by atoms with van der Waals surface area (Å²) in [7, 11) is 0. The Morgan fingerprint density at radius 3 is 2.88 bits per heavy atom. The summed E-state index contributed by atoms with van der Waals surface area (Å²) in [5.41, 5.74) is 2.79. The molecule has 136 valence electrons. The van der Waals surface area contributed by atoms with Crippen molar-refractivity contribution in [2.75, 3.05) is 22.6 Å². The molecule has 2 aliphatic heterocycles. The van der Waals surface area contributed by atoms with Gasteiger partial charge in [-0.3, -0.25) is 4.98 Å². The van der Waals surface area contributed by atoms with E-state index in [1.165, 1.54) is 5.56 Å². The van der Waals surface area contributed by atoms with Crippen molar-refractivity contribution >= 4 is 22.9 Å². The molecule has 0 bridgehead atoms. The molecule has 8 heteroatoms. The Kier molecular flexibility index (Phi) is 3.80. The molecular weight excluding hydrogens is 350 g/mol. The number of aromatic nitrogens is 3. The minimum atomic E-state index is -1.07. The number of nitrogens with zero attached hydrogens (tertiary/aromatic N) is 4. The highest BCUT2D eigenvalue weighted by Gasteiger charge is 2.41. The van der Waals surface area contributed by atoms with Gasteiger partial charge in [-0.15, -0.1) is 0 Å². The molecule has 1 saturated carbocycles. The zero-order chi connectivity index (χ0) is 17.7. The van der Waals surface area contributed by atoms with Gasteiger partial charge in [0.2, 0.25) is 10.8 Å². The van der Waals surface area contributed by atoms with Crippen molar-refractivity contribution < 1.29 is 9.66 Å². The smallest absolute Gasteiger partial charge is 0.228 e. The van der Waals surface area contributed by atoms with E-state index in [4.69, 9.17) is 9.97 Å². The first-order chi connectivity index (χ1) is 12.7. The minimum Gasteiger partial charge on any atom is -0.611 e. The van der Waals surface area contributed by atoms with Gasteiger partial charge in [-0.25, -0.2) is 4.98 Å². The maximum Gasteiger partial charge on any atom is 0.228 e.